The summed E-state index contributed by atoms with van der Waals surface area (Å²) in [5.74, 6) is 2.25. The van der Waals surface area contributed by atoms with E-state index in [9.17, 15) is 4.79 Å². The first-order valence-corrected chi connectivity index (χ1v) is 10.3. The summed E-state index contributed by atoms with van der Waals surface area (Å²) in [7, 11) is 0. The Hall–Kier alpha value is -2.15. The molecule has 0 saturated carbocycles. The van der Waals surface area contributed by atoms with Gasteiger partial charge in [0.05, 0.1) is 17.8 Å². The number of hydrogen-bond acceptors (Lipinski definition) is 5. The van der Waals surface area contributed by atoms with Crippen molar-refractivity contribution in [3.8, 4) is 0 Å². The number of carbonyl (C=O) groups excluding carboxylic acids is 1. The van der Waals surface area contributed by atoms with E-state index in [1.165, 1.54) is 17.7 Å². The highest BCUT2D eigenvalue weighted by molar-refractivity contribution is 5.82. The Morgan fingerprint density at radius 2 is 2.07 bits per heavy atom. The third-order valence-corrected chi connectivity index (χ3v) is 6.28. The fourth-order valence-electron chi connectivity index (χ4n) is 4.80. The molecule has 1 amide bonds. The van der Waals surface area contributed by atoms with Crippen molar-refractivity contribution in [1.82, 2.24) is 24.8 Å². The van der Waals surface area contributed by atoms with Gasteiger partial charge in [-0.1, -0.05) is 6.92 Å². The van der Waals surface area contributed by atoms with Crippen LogP contribution in [0.2, 0.25) is 0 Å². The minimum atomic E-state index is 0.119. The molecule has 0 aromatic carbocycles. The summed E-state index contributed by atoms with van der Waals surface area (Å²) in [5, 5.41) is 7.99. The number of carbonyl (C=O) groups is 1. The Kier molecular flexibility index (Phi) is 4.27. The molecule has 0 spiro atoms. The Bertz CT molecular complexity index is 856. The number of rotatable bonds is 2. The number of anilines is 1. The van der Waals surface area contributed by atoms with Gasteiger partial charge in [0.15, 0.2) is 5.65 Å². The number of likely N-dealkylation sites (tertiary alicyclic amines) is 1. The average molecular weight is 368 g/mol. The van der Waals surface area contributed by atoms with E-state index in [0.717, 1.165) is 70.0 Å². The Morgan fingerprint density at radius 1 is 1.22 bits per heavy atom. The summed E-state index contributed by atoms with van der Waals surface area (Å²) < 4.78 is 1.97. The second kappa shape index (κ2) is 6.78. The molecule has 7 nitrogen and oxygen atoms in total. The van der Waals surface area contributed by atoms with E-state index in [-0.39, 0.29) is 5.92 Å². The molecule has 5 rings (SSSR count). The van der Waals surface area contributed by atoms with Gasteiger partial charge in [-0.3, -0.25) is 4.79 Å². The van der Waals surface area contributed by atoms with Crippen LogP contribution in [0.25, 0.3) is 5.65 Å². The average Bonchev–Trinajstić information content (AvgIpc) is 2.96. The van der Waals surface area contributed by atoms with Crippen molar-refractivity contribution in [3.63, 3.8) is 0 Å². The smallest absolute Gasteiger partial charge is 0.229 e. The SMILES string of the molecule is CC1CCCN(C(=O)C2CN(c3c4c(nc5ccnn35)CCNCC4)C2)C1. The molecule has 2 fully saturated rings. The first-order valence-electron chi connectivity index (χ1n) is 10.3. The van der Waals surface area contributed by atoms with E-state index in [1.807, 2.05) is 16.8 Å². The lowest BCUT2D eigenvalue weighted by molar-refractivity contribution is -0.138. The summed E-state index contributed by atoms with van der Waals surface area (Å²) in [6, 6.07) is 1.97. The summed E-state index contributed by atoms with van der Waals surface area (Å²) >= 11 is 0. The molecule has 2 saturated heterocycles. The summed E-state index contributed by atoms with van der Waals surface area (Å²) in [5.41, 5.74) is 3.39. The maximum Gasteiger partial charge on any atom is 0.229 e. The molecule has 0 aliphatic carbocycles. The number of fused-ring (bicyclic) bond motifs is 2. The van der Waals surface area contributed by atoms with E-state index in [0.29, 0.717) is 11.8 Å². The van der Waals surface area contributed by atoms with Crippen molar-refractivity contribution < 1.29 is 4.79 Å². The lowest BCUT2D eigenvalue weighted by Gasteiger charge is -2.44. The van der Waals surface area contributed by atoms with Gasteiger partial charge in [0.25, 0.3) is 0 Å². The lowest BCUT2D eigenvalue weighted by atomic mass is 9.94. The van der Waals surface area contributed by atoms with Gasteiger partial charge >= 0.3 is 0 Å². The zero-order valence-corrected chi connectivity index (χ0v) is 16.0. The van der Waals surface area contributed by atoms with Gasteiger partial charge in [0.2, 0.25) is 5.91 Å². The molecule has 27 heavy (non-hydrogen) atoms. The predicted octanol–water partition coefficient (Wildman–Crippen LogP) is 1.11. The van der Waals surface area contributed by atoms with Gasteiger partial charge < -0.3 is 15.1 Å². The second-order valence-corrected chi connectivity index (χ2v) is 8.35. The van der Waals surface area contributed by atoms with Crippen LogP contribution < -0.4 is 10.2 Å². The van der Waals surface area contributed by atoms with Gasteiger partial charge in [-0.15, -0.1) is 0 Å². The minimum absolute atomic E-state index is 0.119. The molecule has 2 aromatic heterocycles. The molecule has 5 heterocycles. The van der Waals surface area contributed by atoms with Crippen molar-refractivity contribution in [3.05, 3.63) is 23.5 Å². The van der Waals surface area contributed by atoms with E-state index >= 15 is 0 Å². The molecule has 3 aliphatic heterocycles. The Morgan fingerprint density at radius 3 is 2.93 bits per heavy atom. The zero-order valence-electron chi connectivity index (χ0n) is 16.0. The van der Waals surface area contributed by atoms with Gasteiger partial charge in [-0.2, -0.15) is 9.61 Å². The number of piperidine rings is 1. The molecule has 1 N–H and O–H groups in total. The molecule has 2 aromatic rings. The van der Waals surface area contributed by atoms with Crippen molar-refractivity contribution in [1.29, 1.82) is 0 Å². The normalized spacial score (nSPS) is 23.8. The first-order chi connectivity index (χ1) is 13.2. The van der Waals surface area contributed by atoms with Crippen LogP contribution in [0.15, 0.2) is 12.3 Å². The minimum Gasteiger partial charge on any atom is -0.354 e. The van der Waals surface area contributed by atoms with Crippen LogP contribution in [0, 0.1) is 11.8 Å². The summed E-state index contributed by atoms with van der Waals surface area (Å²) in [6.45, 7) is 7.63. The van der Waals surface area contributed by atoms with Crippen LogP contribution in [0.5, 0.6) is 0 Å². The van der Waals surface area contributed by atoms with Crippen LogP contribution in [-0.2, 0) is 17.6 Å². The summed E-state index contributed by atoms with van der Waals surface area (Å²) in [4.78, 5) is 22.2. The van der Waals surface area contributed by atoms with Gasteiger partial charge in [-0.05, 0) is 31.7 Å². The van der Waals surface area contributed by atoms with Gasteiger partial charge in [0, 0.05) is 50.8 Å². The predicted molar refractivity (Wildman–Crippen MR) is 104 cm³/mol. The van der Waals surface area contributed by atoms with Crippen molar-refractivity contribution >= 4 is 17.4 Å². The topological polar surface area (TPSA) is 65.8 Å². The second-order valence-electron chi connectivity index (χ2n) is 8.35. The van der Waals surface area contributed by atoms with Gasteiger partial charge in [-0.25, -0.2) is 4.98 Å². The van der Waals surface area contributed by atoms with E-state index in [1.54, 1.807) is 0 Å². The molecule has 0 radical (unpaired) electrons. The Labute approximate surface area is 159 Å². The van der Waals surface area contributed by atoms with E-state index in [2.05, 4.69) is 27.1 Å². The fourth-order valence-corrected chi connectivity index (χ4v) is 4.80. The van der Waals surface area contributed by atoms with Crippen LogP contribution in [-0.4, -0.2) is 64.7 Å². The Balaban J connectivity index is 1.39. The third kappa shape index (κ3) is 2.98. The molecule has 1 atom stereocenters. The highest BCUT2D eigenvalue weighted by atomic mass is 16.2. The standard InChI is InChI=1S/C20H28N6O/c1-14-3-2-10-24(11-14)20(27)15-12-25(13-15)19-16-4-7-21-8-5-17(16)23-18-6-9-22-26(18)19/h6,9,14-15,21H,2-5,7-8,10-13H2,1H3. The fraction of sp³-hybridized carbons (Fsp3) is 0.650. The van der Waals surface area contributed by atoms with Crippen molar-refractivity contribution in [2.75, 3.05) is 44.2 Å². The van der Waals surface area contributed by atoms with E-state index in [4.69, 9.17) is 4.98 Å². The maximum absolute atomic E-state index is 12.9. The monoisotopic (exact) mass is 368 g/mol. The first kappa shape index (κ1) is 17.0. The number of amides is 1. The largest absolute Gasteiger partial charge is 0.354 e. The maximum atomic E-state index is 12.9. The molecule has 1 unspecified atom stereocenters. The van der Waals surface area contributed by atoms with Crippen molar-refractivity contribution in [2.24, 2.45) is 11.8 Å². The molecule has 144 valence electrons. The molecule has 0 bridgehead atoms. The number of nitrogens with one attached hydrogen (secondary N) is 1. The molecule has 7 heteroatoms. The highest BCUT2D eigenvalue weighted by Crippen LogP contribution is 2.32. The molecular formula is C20H28N6O. The van der Waals surface area contributed by atoms with Crippen LogP contribution in [0.4, 0.5) is 5.82 Å². The zero-order chi connectivity index (χ0) is 18.4. The van der Waals surface area contributed by atoms with Gasteiger partial charge in [0.1, 0.15) is 5.82 Å². The molecule has 3 aliphatic rings. The van der Waals surface area contributed by atoms with Crippen LogP contribution in [0.1, 0.15) is 31.0 Å². The van der Waals surface area contributed by atoms with Crippen LogP contribution >= 0.6 is 0 Å². The molecular weight excluding hydrogens is 340 g/mol. The number of aromatic nitrogens is 3. The van der Waals surface area contributed by atoms with Crippen LogP contribution in [0.3, 0.4) is 0 Å². The lowest BCUT2D eigenvalue weighted by Crippen LogP contribution is -2.56. The van der Waals surface area contributed by atoms with Crippen molar-refractivity contribution in [2.45, 2.75) is 32.6 Å². The van der Waals surface area contributed by atoms with E-state index < -0.39 is 0 Å². The summed E-state index contributed by atoms with van der Waals surface area (Å²) in [6.07, 6.45) is 6.12. The number of nitrogens with zero attached hydrogens (tertiary/aromatic N) is 5. The third-order valence-electron chi connectivity index (χ3n) is 6.28. The quantitative estimate of drug-likeness (QED) is 0.860. The highest BCUT2D eigenvalue weighted by Gasteiger charge is 2.38. The number of hydrogen-bond donors (Lipinski definition) is 1.